The van der Waals surface area contributed by atoms with Crippen LogP contribution >= 0.6 is 0 Å². The first-order valence-corrected chi connectivity index (χ1v) is 4.58. The summed E-state index contributed by atoms with van der Waals surface area (Å²) in [6, 6.07) is 7.62. The molecule has 1 heterocycles. The van der Waals surface area contributed by atoms with Crippen LogP contribution in [0.5, 0.6) is 0 Å². The number of benzene rings is 1. The Balaban J connectivity index is 2.18. The smallest absolute Gasteiger partial charge is 0.325 e. The number of furan rings is 1. The summed E-state index contributed by atoms with van der Waals surface area (Å²) in [5, 5.41) is 3.91. The monoisotopic (exact) mass is 205 g/mol. The molecule has 2 rings (SSSR count). The molecule has 0 bridgehead atoms. The summed E-state index contributed by atoms with van der Waals surface area (Å²) in [5.41, 5.74) is 1.60. The number of carbonyl (C=O) groups excluding carboxylic acids is 1. The standard InChI is InChI=1S/C11H11NO3/c1-14-11(13)6-12-9-7-15-10-5-3-2-4-8(9)10/h2-5,7,12H,6H2,1H3. The quantitative estimate of drug-likeness (QED) is 0.779. The number of esters is 1. The fourth-order valence-electron chi connectivity index (χ4n) is 1.35. The minimum Gasteiger partial charge on any atom is -0.468 e. The van der Waals surface area contributed by atoms with E-state index in [4.69, 9.17) is 4.42 Å². The van der Waals surface area contributed by atoms with Crippen molar-refractivity contribution >= 4 is 22.6 Å². The van der Waals surface area contributed by atoms with Gasteiger partial charge in [0.05, 0.1) is 12.8 Å². The predicted octanol–water partition coefficient (Wildman–Crippen LogP) is 2.02. The molecule has 4 nitrogen and oxygen atoms in total. The van der Waals surface area contributed by atoms with Gasteiger partial charge in [0.2, 0.25) is 0 Å². The van der Waals surface area contributed by atoms with E-state index < -0.39 is 0 Å². The van der Waals surface area contributed by atoms with Crippen LogP contribution in [-0.4, -0.2) is 19.6 Å². The average Bonchev–Trinajstić information content (AvgIpc) is 2.69. The zero-order valence-corrected chi connectivity index (χ0v) is 8.32. The second kappa shape index (κ2) is 4.04. The molecule has 0 amide bonds. The zero-order valence-electron chi connectivity index (χ0n) is 8.32. The largest absolute Gasteiger partial charge is 0.468 e. The molecular weight excluding hydrogens is 194 g/mol. The number of nitrogens with one attached hydrogen (secondary N) is 1. The van der Waals surface area contributed by atoms with Crippen LogP contribution in [0.4, 0.5) is 5.69 Å². The Morgan fingerprint density at radius 1 is 1.47 bits per heavy atom. The normalized spacial score (nSPS) is 10.2. The van der Waals surface area contributed by atoms with E-state index in [1.54, 1.807) is 6.26 Å². The van der Waals surface area contributed by atoms with Gasteiger partial charge in [0.25, 0.3) is 0 Å². The highest BCUT2D eigenvalue weighted by atomic mass is 16.5. The molecule has 0 fully saturated rings. The summed E-state index contributed by atoms with van der Waals surface area (Å²) in [5.74, 6) is -0.305. The molecule has 0 aliphatic heterocycles. The van der Waals surface area contributed by atoms with Crippen molar-refractivity contribution in [3.05, 3.63) is 30.5 Å². The number of ether oxygens (including phenoxy) is 1. The topological polar surface area (TPSA) is 51.5 Å². The van der Waals surface area contributed by atoms with Crippen molar-refractivity contribution in [1.29, 1.82) is 0 Å². The molecule has 15 heavy (non-hydrogen) atoms. The SMILES string of the molecule is COC(=O)CNc1coc2ccccc12. The molecular formula is C11H11NO3. The molecule has 2 aromatic rings. The third-order valence-electron chi connectivity index (χ3n) is 2.13. The lowest BCUT2D eigenvalue weighted by atomic mass is 10.2. The number of hydrogen-bond donors (Lipinski definition) is 1. The fraction of sp³-hybridized carbons (Fsp3) is 0.182. The van der Waals surface area contributed by atoms with Gasteiger partial charge in [-0.15, -0.1) is 0 Å². The van der Waals surface area contributed by atoms with Gasteiger partial charge in [0, 0.05) is 5.39 Å². The zero-order chi connectivity index (χ0) is 10.7. The number of methoxy groups -OCH3 is 1. The number of para-hydroxylation sites is 1. The van der Waals surface area contributed by atoms with Crippen LogP contribution in [0.3, 0.4) is 0 Å². The molecule has 0 aliphatic rings. The van der Waals surface area contributed by atoms with Crippen LogP contribution in [0.25, 0.3) is 11.0 Å². The molecule has 78 valence electrons. The van der Waals surface area contributed by atoms with E-state index in [0.29, 0.717) is 0 Å². The summed E-state index contributed by atoms with van der Waals surface area (Å²) in [6.07, 6.45) is 1.59. The Labute approximate surface area is 86.8 Å². The summed E-state index contributed by atoms with van der Waals surface area (Å²) >= 11 is 0. The minimum absolute atomic E-state index is 0.139. The van der Waals surface area contributed by atoms with E-state index in [2.05, 4.69) is 10.1 Å². The lowest BCUT2D eigenvalue weighted by molar-refractivity contribution is -0.138. The van der Waals surface area contributed by atoms with Crippen molar-refractivity contribution in [2.24, 2.45) is 0 Å². The van der Waals surface area contributed by atoms with Gasteiger partial charge in [-0.2, -0.15) is 0 Å². The Morgan fingerprint density at radius 2 is 2.27 bits per heavy atom. The molecule has 4 heteroatoms. The maximum absolute atomic E-state index is 10.9. The third-order valence-corrected chi connectivity index (χ3v) is 2.13. The van der Waals surface area contributed by atoms with Crippen LogP contribution in [-0.2, 0) is 9.53 Å². The lowest BCUT2D eigenvalue weighted by Crippen LogP contribution is -2.14. The van der Waals surface area contributed by atoms with Gasteiger partial charge in [0.15, 0.2) is 0 Å². The highest BCUT2D eigenvalue weighted by Gasteiger charge is 2.06. The van der Waals surface area contributed by atoms with Crippen molar-refractivity contribution < 1.29 is 13.9 Å². The summed E-state index contributed by atoms with van der Waals surface area (Å²) in [6.45, 7) is 0.139. The van der Waals surface area contributed by atoms with Crippen LogP contribution < -0.4 is 5.32 Å². The van der Waals surface area contributed by atoms with Gasteiger partial charge in [-0.25, -0.2) is 0 Å². The maximum atomic E-state index is 10.9. The van der Waals surface area contributed by atoms with Crippen LogP contribution in [0.15, 0.2) is 34.9 Å². The van der Waals surface area contributed by atoms with Crippen molar-refractivity contribution in [1.82, 2.24) is 0 Å². The molecule has 0 atom stereocenters. The van der Waals surface area contributed by atoms with Crippen LogP contribution in [0.2, 0.25) is 0 Å². The molecule has 1 N–H and O–H groups in total. The highest BCUT2D eigenvalue weighted by Crippen LogP contribution is 2.24. The Hall–Kier alpha value is -1.97. The molecule has 1 aromatic carbocycles. The van der Waals surface area contributed by atoms with Crippen molar-refractivity contribution in [3.63, 3.8) is 0 Å². The van der Waals surface area contributed by atoms with Crippen molar-refractivity contribution in [2.45, 2.75) is 0 Å². The van der Waals surface area contributed by atoms with Crippen LogP contribution in [0.1, 0.15) is 0 Å². The van der Waals surface area contributed by atoms with Crippen LogP contribution in [0, 0.1) is 0 Å². The third kappa shape index (κ3) is 1.93. The Bertz CT molecular complexity index is 475. The van der Waals surface area contributed by atoms with E-state index in [0.717, 1.165) is 16.7 Å². The Morgan fingerprint density at radius 3 is 3.07 bits per heavy atom. The number of hydrogen-bond acceptors (Lipinski definition) is 4. The molecule has 0 saturated carbocycles. The summed E-state index contributed by atoms with van der Waals surface area (Å²) in [7, 11) is 1.36. The second-order valence-electron chi connectivity index (χ2n) is 3.08. The molecule has 0 saturated heterocycles. The first kappa shape index (κ1) is 9.58. The van der Waals surface area contributed by atoms with Gasteiger partial charge in [0.1, 0.15) is 18.4 Å². The maximum Gasteiger partial charge on any atom is 0.325 e. The summed E-state index contributed by atoms with van der Waals surface area (Å²) < 4.78 is 9.83. The predicted molar refractivity (Wildman–Crippen MR) is 56.7 cm³/mol. The minimum atomic E-state index is -0.305. The molecule has 0 radical (unpaired) electrons. The van der Waals surface area contributed by atoms with Gasteiger partial charge in [-0.1, -0.05) is 12.1 Å². The lowest BCUT2D eigenvalue weighted by Gasteiger charge is -2.01. The molecule has 0 aliphatic carbocycles. The van der Waals surface area contributed by atoms with Crippen molar-refractivity contribution in [2.75, 3.05) is 19.0 Å². The van der Waals surface area contributed by atoms with Gasteiger partial charge in [-0.3, -0.25) is 4.79 Å². The van der Waals surface area contributed by atoms with E-state index in [1.807, 2.05) is 24.3 Å². The van der Waals surface area contributed by atoms with E-state index >= 15 is 0 Å². The van der Waals surface area contributed by atoms with E-state index in [9.17, 15) is 4.79 Å². The number of rotatable bonds is 3. The Kier molecular flexibility index (Phi) is 2.58. The highest BCUT2D eigenvalue weighted by molar-refractivity contribution is 5.91. The second-order valence-corrected chi connectivity index (χ2v) is 3.08. The molecule has 1 aromatic heterocycles. The first-order chi connectivity index (χ1) is 7.31. The van der Waals surface area contributed by atoms with Gasteiger partial charge < -0.3 is 14.5 Å². The fourth-order valence-corrected chi connectivity index (χ4v) is 1.35. The number of anilines is 1. The molecule has 0 unspecified atom stereocenters. The van der Waals surface area contributed by atoms with E-state index in [1.165, 1.54) is 7.11 Å². The average molecular weight is 205 g/mol. The van der Waals surface area contributed by atoms with Gasteiger partial charge >= 0.3 is 5.97 Å². The van der Waals surface area contributed by atoms with E-state index in [-0.39, 0.29) is 12.5 Å². The number of fused-ring (bicyclic) bond motifs is 1. The first-order valence-electron chi connectivity index (χ1n) is 4.58. The summed E-state index contributed by atoms with van der Waals surface area (Å²) in [4.78, 5) is 10.9. The van der Waals surface area contributed by atoms with Gasteiger partial charge in [-0.05, 0) is 12.1 Å². The van der Waals surface area contributed by atoms with Crippen molar-refractivity contribution in [3.8, 4) is 0 Å². The number of carbonyl (C=O) groups is 1. The molecule has 0 spiro atoms.